The minimum absolute atomic E-state index is 0.919. The number of hydrogen-bond donors (Lipinski definition) is 0. The Bertz CT molecular complexity index is 70.6. The van der Waals surface area contributed by atoms with Crippen LogP contribution in [0.1, 0.15) is 39.5 Å². The van der Waals surface area contributed by atoms with E-state index in [0.29, 0.717) is 0 Å². The summed E-state index contributed by atoms with van der Waals surface area (Å²) in [6.07, 6.45) is 5.79. The van der Waals surface area contributed by atoms with Crippen molar-refractivity contribution in [3.05, 3.63) is 0 Å². The molecular formula is C8H16S. The summed E-state index contributed by atoms with van der Waals surface area (Å²) < 4.78 is 0. The molecule has 0 amide bonds. The summed E-state index contributed by atoms with van der Waals surface area (Å²) in [5.41, 5.74) is 0. The Morgan fingerprint density at radius 2 is 1.44 bits per heavy atom. The monoisotopic (exact) mass is 144 g/mol. The van der Waals surface area contributed by atoms with Crippen molar-refractivity contribution in [2.45, 2.75) is 50.0 Å². The first-order valence-corrected chi connectivity index (χ1v) is 4.89. The van der Waals surface area contributed by atoms with Gasteiger partial charge in [-0.3, -0.25) is 0 Å². The van der Waals surface area contributed by atoms with Gasteiger partial charge in [0.1, 0.15) is 0 Å². The summed E-state index contributed by atoms with van der Waals surface area (Å²) in [4.78, 5) is 0. The van der Waals surface area contributed by atoms with E-state index in [2.05, 4.69) is 25.6 Å². The van der Waals surface area contributed by atoms with Crippen molar-refractivity contribution in [1.29, 1.82) is 0 Å². The third kappa shape index (κ3) is 2.61. The van der Waals surface area contributed by atoms with Crippen molar-refractivity contribution in [3.63, 3.8) is 0 Å². The van der Waals surface area contributed by atoms with Gasteiger partial charge in [0.15, 0.2) is 0 Å². The molecule has 0 aromatic heterocycles. The van der Waals surface area contributed by atoms with Crippen LogP contribution in [0.3, 0.4) is 0 Å². The molecule has 1 heteroatoms. The largest absolute Gasteiger partial charge is 0.156 e. The van der Waals surface area contributed by atoms with E-state index in [1.807, 2.05) is 0 Å². The lowest BCUT2D eigenvalue weighted by atomic mass is 10.1. The molecule has 2 atom stereocenters. The van der Waals surface area contributed by atoms with Gasteiger partial charge in [-0.15, -0.1) is 0 Å². The second-order valence-corrected chi connectivity index (χ2v) is 4.92. The predicted octanol–water partition coefficient (Wildman–Crippen LogP) is 3.07. The number of thioether (sulfide) groups is 1. The molecule has 1 saturated heterocycles. The molecule has 9 heavy (non-hydrogen) atoms. The van der Waals surface area contributed by atoms with Crippen LogP contribution in [0.15, 0.2) is 0 Å². The lowest BCUT2D eigenvalue weighted by Gasteiger charge is -2.10. The Morgan fingerprint density at radius 3 is 1.89 bits per heavy atom. The molecule has 0 N–H and O–H groups in total. The smallest absolute Gasteiger partial charge is 0.00213 e. The van der Waals surface area contributed by atoms with Crippen LogP contribution in [-0.2, 0) is 0 Å². The second kappa shape index (κ2) is 3.50. The molecule has 1 rings (SSSR count). The van der Waals surface area contributed by atoms with Crippen LogP contribution in [0.4, 0.5) is 0 Å². The highest BCUT2D eigenvalue weighted by atomic mass is 32.2. The summed E-state index contributed by atoms with van der Waals surface area (Å²) in [6.45, 7) is 4.71. The molecule has 0 bridgehead atoms. The van der Waals surface area contributed by atoms with E-state index in [9.17, 15) is 0 Å². The van der Waals surface area contributed by atoms with Crippen LogP contribution < -0.4 is 0 Å². The van der Waals surface area contributed by atoms with Gasteiger partial charge in [-0.1, -0.05) is 26.7 Å². The molecule has 0 aromatic rings. The minimum atomic E-state index is 0.919. The fraction of sp³-hybridized carbons (Fsp3) is 1.00. The SMILES string of the molecule is CC1CCCCC(C)S1. The first-order valence-electron chi connectivity index (χ1n) is 3.94. The summed E-state index contributed by atoms with van der Waals surface area (Å²) in [5, 5.41) is 1.84. The Balaban J connectivity index is 2.29. The van der Waals surface area contributed by atoms with E-state index in [4.69, 9.17) is 0 Å². The summed E-state index contributed by atoms with van der Waals surface area (Å²) >= 11 is 2.16. The molecule has 1 aliphatic rings. The highest BCUT2D eigenvalue weighted by Crippen LogP contribution is 2.29. The van der Waals surface area contributed by atoms with Crippen molar-refractivity contribution in [2.24, 2.45) is 0 Å². The molecule has 0 radical (unpaired) electrons. The van der Waals surface area contributed by atoms with E-state index < -0.39 is 0 Å². The van der Waals surface area contributed by atoms with Crippen molar-refractivity contribution in [1.82, 2.24) is 0 Å². The number of hydrogen-bond acceptors (Lipinski definition) is 1. The maximum absolute atomic E-state index is 2.35. The average Bonchev–Trinajstić information content (AvgIpc) is 1.93. The van der Waals surface area contributed by atoms with E-state index in [-0.39, 0.29) is 0 Å². The second-order valence-electron chi connectivity index (χ2n) is 3.04. The molecular weight excluding hydrogens is 128 g/mol. The van der Waals surface area contributed by atoms with Gasteiger partial charge in [0, 0.05) is 10.5 Å². The third-order valence-electron chi connectivity index (χ3n) is 1.94. The first kappa shape index (κ1) is 7.46. The van der Waals surface area contributed by atoms with Crippen LogP contribution in [0.2, 0.25) is 0 Å². The van der Waals surface area contributed by atoms with Gasteiger partial charge in [0.2, 0.25) is 0 Å². The van der Waals surface area contributed by atoms with Gasteiger partial charge >= 0.3 is 0 Å². The quantitative estimate of drug-likeness (QED) is 0.503. The molecule has 1 aliphatic heterocycles. The zero-order valence-corrected chi connectivity index (χ0v) is 7.21. The summed E-state index contributed by atoms with van der Waals surface area (Å²) in [7, 11) is 0. The van der Waals surface area contributed by atoms with E-state index in [1.54, 1.807) is 0 Å². The Kier molecular flexibility index (Phi) is 2.90. The Labute approximate surface area is 62.4 Å². The third-order valence-corrected chi connectivity index (χ3v) is 3.34. The predicted molar refractivity (Wildman–Crippen MR) is 45.0 cm³/mol. The molecule has 0 nitrogen and oxygen atoms in total. The highest BCUT2D eigenvalue weighted by Gasteiger charge is 2.12. The minimum Gasteiger partial charge on any atom is -0.156 e. The molecule has 0 aromatic carbocycles. The fourth-order valence-electron chi connectivity index (χ4n) is 1.40. The van der Waals surface area contributed by atoms with Crippen molar-refractivity contribution >= 4 is 11.8 Å². The van der Waals surface area contributed by atoms with Gasteiger partial charge in [0.05, 0.1) is 0 Å². The van der Waals surface area contributed by atoms with Gasteiger partial charge in [-0.05, 0) is 12.8 Å². The molecule has 1 fully saturated rings. The fourth-order valence-corrected chi connectivity index (χ4v) is 2.79. The average molecular weight is 144 g/mol. The molecule has 54 valence electrons. The lowest BCUT2D eigenvalue weighted by Crippen LogP contribution is -1.98. The van der Waals surface area contributed by atoms with Crippen molar-refractivity contribution < 1.29 is 0 Å². The van der Waals surface area contributed by atoms with E-state index in [0.717, 1.165) is 10.5 Å². The van der Waals surface area contributed by atoms with Crippen molar-refractivity contribution in [3.8, 4) is 0 Å². The Morgan fingerprint density at radius 1 is 1.00 bits per heavy atom. The first-order chi connectivity index (χ1) is 4.29. The molecule has 0 spiro atoms. The van der Waals surface area contributed by atoms with Crippen LogP contribution >= 0.6 is 11.8 Å². The summed E-state index contributed by atoms with van der Waals surface area (Å²) in [5.74, 6) is 0. The van der Waals surface area contributed by atoms with Gasteiger partial charge in [0.25, 0.3) is 0 Å². The normalized spacial score (nSPS) is 38.0. The van der Waals surface area contributed by atoms with Gasteiger partial charge in [-0.25, -0.2) is 0 Å². The zero-order valence-electron chi connectivity index (χ0n) is 6.39. The molecule has 0 saturated carbocycles. The Hall–Kier alpha value is 0.350. The molecule has 1 heterocycles. The molecule has 2 unspecified atom stereocenters. The van der Waals surface area contributed by atoms with Crippen molar-refractivity contribution in [2.75, 3.05) is 0 Å². The van der Waals surface area contributed by atoms with Gasteiger partial charge < -0.3 is 0 Å². The zero-order chi connectivity index (χ0) is 6.69. The number of rotatable bonds is 0. The summed E-state index contributed by atoms with van der Waals surface area (Å²) in [6, 6.07) is 0. The topological polar surface area (TPSA) is 0 Å². The molecule has 0 aliphatic carbocycles. The van der Waals surface area contributed by atoms with Crippen LogP contribution in [0.25, 0.3) is 0 Å². The lowest BCUT2D eigenvalue weighted by molar-refractivity contribution is 0.662. The van der Waals surface area contributed by atoms with E-state index >= 15 is 0 Å². The maximum Gasteiger partial charge on any atom is 0.00213 e. The van der Waals surface area contributed by atoms with E-state index in [1.165, 1.54) is 25.7 Å². The van der Waals surface area contributed by atoms with Gasteiger partial charge in [-0.2, -0.15) is 11.8 Å². The van der Waals surface area contributed by atoms with Crippen LogP contribution in [0, 0.1) is 0 Å². The maximum atomic E-state index is 2.35. The standard InChI is InChI=1S/C8H16S/c1-7-5-3-4-6-8(2)9-7/h7-8H,3-6H2,1-2H3. The van der Waals surface area contributed by atoms with Crippen LogP contribution in [-0.4, -0.2) is 10.5 Å². The highest BCUT2D eigenvalue weighted by molar-refractivity contribution is 8.00. The van der Waals surface area contributed by atoms with Crippen LogP contribution in [0.5, 0.6) is 0 Å².